The SMILES string of the molecule is C=C(CN)CN1CCCS(=O)(=O)CC1. The molecule has 82 valence electrons. The Bertz CT molecular complexity index is 298. The second kappa shape index (κ2) is 4.91. The number of nitrogens with two attached hydrogens (primary N) is 1. The van der Waals surface area contributed by atoms with E-state index in [0.29, 0.717) is 18.8 Å². The van der Waals surface area contributed by atoms with Crippen molar-refractivity contribution in [3.05, 3.63) is 12.2 Å². The second-order valence-corrected chi connectivity index (χ2v) is 6.04. The predicted octanol–water partition coefficient (Wildman–Crippen LogP) is -0.378. The Morgan fingerprint density at radius 1 is 1.36 bits per heavy atom. The molecule has 5 heteroatoms. The summed E-state index contributed by atoms with van der Waals surface area (Å²) in [6.07, 6.45) is 0.722. The van der Waals surface area contributed by atoms with Crippen LogP contribution in [-0.2, 0) is 9.84 Å². The molecule has 0 radical (unpaired) electrons. The van der Waals surface area contributed by atoms with Gasteiger partial charge in [-0.1, -0.05) is 6.58 Å². The first-order valence-corrected chi connectivity index (χ1v) is 6.65. The monoisotopic (exact) mass is 218 g/mol. The lowest BCUT2D eigenvalue weighted by molar-refractivity contribution is 0.319. The van der Waals surface area contributed by atoms with Gasteiger partial charge in [-0.3, -0.25) is 4.90 Å². The molecule has 2 N–H and O–H groups in total. The van der Waals surface area contributed by atoms with Gasteiger partial charge in [-0.05, 0) is 18.5 Å². The van der Waals surface area contributed by atoms with Gasteiger partial charge in [0.1, 0.15) is 0 Å². The highest BCUT2D eigenvalue weighted by Crippen LogP contribution is 2.06. The maximum Gasteiger partial charge on any atom is 0.151 e. The first-order chi connectivity index (χ1) is 6.53. The first-order valence-electron chi connectivity index (χ1n) is 4.83. The molecule has 0 aromatic carbocycles. The van der Waals surface area contributed by atoms with Gasteiger partial charge in [0.15, 0.2) is 9.84 Å². The summed E-state index contributed by atoms with van der Waals surface area (Å²) in [6.45, 7) is 6.47. The van der Waals surface area contributed by atoms with Crippen molar-refractivity contribution in [1.82, 2.24) is 4.90 Å². The number of sulfone groups is 1. The quantitative estimate of drug-likeness (QED) is 0.656. The van der Waals surface area contributed by atoms with Crippen LogP contribution in [0.1, 0.15) is 6.42 Å². The highest BCUT2D eigenvalue weighted by molar-refractivity contribution is 7.91. The molecule has 14 heavy (non-hydrogen) atoms. The highest BCUT2D eigenvalue weighted by atomic mass is 32.2. The molecule has 0 aromatic rings. The molecule has 0 saturated carbocycles. The first kappa shape index (κ1) is 11.7. The van der Waals surface area contributed by atoms with Gasteiger partial charge < -0.3 is 5.73 Å². The van der Waals surface area contributed by atoms with Crippen LogP contribution in [0.25, 0.3) is 0 Å². The standard InChI is InChI=1S/C9H18N2O2S/c1-9(7-10)8-11-3-2-5-14(12,13)6-4-11/h1-8,10H2. The van der Waals surface area contributed by atoms with Gasteiger partial charge in [0.05, 0.1) is 11.5 Å². The average molecular weight is 218 g/mol. The van der Waals surface area contributed by atoms with E-state index in [2.05, 4.69) is 11.5 Å². The van der Waals surface area contributed by atoms with Gasteiger partial charge in [-0.25, -0.2) is 8.42 Å². The second-order valence-electron chi connectivity index (χ2n) is 3.74. The summed E-state index contributed by atoms with van der Waals surface area (Å²) in [5.41, 5.74) is 6.40. The summed E-state index contributed by atoms with van der Waals surface area (Å²) < 4.78 is 22.6. The number of hydrogen-bond donors (Lipinski definition) is 1. The largest absolute Gasteiger partial charge is 0.327 e. The Morgan fingerprint density at radius 2 is 2.07 bits per heavy atom. The molecular weight excluding hydrogens is 200 g/mol. The molecule has 0 aliphatic carbocycles. The van der Waals surface area contributed by atoms with Crippen molar-refractivity contribution in [3.8, 4) is 0 Å². The minimum atomic E-state index is -2.80. The van der Waals surface area contributed by atoms with Crippen LogP contribution in [0.5, 0.6) is 0 Å². The third-order valence-corrected chi connectivity index (χ3v) is 4.10. The topological polar surface area (TPSA) is 63.4 Å². The summed E-state index contributed by atoms with van der Waals surface area (Å²) >= 11 is 0. The summed E-state index contributed by atoms with van der Waals surface area (Å²) in [4.78, 5) is 2.11. The summed E-state index contributed by atoms with van der Waals surface area (Å²) in [5.74, 6) is 0.587. The lowest BCUT2D eigenvalue weighted by Crippen LogP contribution is -2.30. The molecule has 0 spiro atoms. The fraction of sp³-hybridized carbons (Fsp3) is 0.778. The number of hydrogen-bond acceptors (Lipinski definition) is 4. The molecule has 0 atom stereocenters. The number of nitrogens with zero attached hydrogens (tertiary/aromatic N) is 1. The number of rotatable bonds is 3. The molecule has 0 unspecified atom stereocenters. The van der Waals surface area contributed by atoms with Crippen LogP contribution in [0.2, 0.25) is 0 Å². The molecule has 1 rings (SSSR count). The molecule has 0 amide bonds. The van der Waals surface area contributed by atoms with E-state index in [1.807, 2.05) is 0 Å². The Morgan fingerprint density at radius 3 is 2.71 bits per heavy atom. The van der Waals surface area contributed by atoms with Crippen molar-refractivity contribution in [3.63, 3.8) is 0 Å². The maximum absolute atomic E-state index is 11.3. The molecule has 0 bridgehead atoms. The molecule has 1 fully saturated rings. The van der Waals surface area contributed by atoms with Gasteiger partial charge in [0.2, 0.25) is 0 Å². The summed E-state index contributed by atoms with van der Waals surface area (Å²) in [5, 5.41) is 0. The van der Waals surface area contributed by atoms with Crippen molar-refractivity contribution >= 4 is 9.84 Å². The fourth-order valence-electron chi connectivity index (χ4n) is 1.53. The van der Waals surface area contributed by atoms with Crippen LogP contribution in [-0.4, -0.2) is 51.0 Å². The maximum atomic E-state index is 11.3. The lowest BCUT2D eigenvalue weighted by atomic mass is 10.2. The predicted molar refractivity (Wildman–Crippen MR) is 57.9 cm³/mol. The van der Waals surface area contributed by atoms with E-state index in [9.17, 15) is 8.42 Å². The third-order valence-electron chi connectivity index (χ3n) is 2.38. The molecule has 1 aliphatic heterocycles. The van der Waals surface area contributed by atoms with Gasteiger partial charge in [-0.2, -0.15) is 0 Å². The van der Waals surface area contributed by atoms with E-state index >= 15 is 0 Å². The van der Waals surface area contributed by atoms with E-state index in [-0.39, 0.29) is 5.75 Å². The van der Waals surface area contributed by atoms with Crippen LogP contribution in [0.15, 0.2) is 12.2 Å². The minimum absolute atomic E-state index is 0.269. The zero-order valence-corrected chi connectivity index (χ0v) is 9.22. The van der Waals surface area contributed by atoms with Crippen LogP contribution in [0.3, 0.4) is 0 Å². The molecule has 1 saturated heterocycles. The Kier molecular flexibility index (Phi) is 4.10. The minimum Gasteiger partial charge on any atom is -0.327 e. The van der Waals surface area contributed by atoms with Crippen LogP contribution < -0.4 is 5.73 Å². The van der Waals surface area contributed by atoms with Crippen LogP contribution >= 0.6 is 0 Å². The Hall–Kier alpha value is -0.390. The summed E-state index contributed by atoms with van der Waals surface area (Å²) in [7, 11) is -2.80. The molecular formula is C9H18N2O2S. The molecule has 4 nitrogen and oxygen atoms in total. The van der Waals surface area contributed by atoms with Gasteiger partial charge in [0, 0.05) is 19.6 Å². The normalized spacial score (nSPS) is 22.9. The van der Waals surface area contributed by atoms with Crippen molar-refractivity contribution in [2.75, 3.05) is 37.7 Å². The summed E-state index contributed by atoms with van der Waals surface area (Å²) in [6, 6.07) is 0. The van der Waals surface area contributed by atoms with Crippen LogP contribution in [0.4, 0.5) is 0 Å². The van der Waals surface area contributed by atoms with E-state index < -0.39 is 9.84 Å². The lowest BCUT2D eigenvalue weighted by Gasteiger charge is -2.19. The van der Waals surface area contributed by atoms with Crippen molar-refractivity contribution in [2.45, 2.75) is 6.42 Å². The smallest absolute Gasteiger partial charge is 0.151 e. The zero-order chi connectivity index (χ0) is 10.6. The van der Waals surface area contributed by atoms with Crippen molar-refractivity contribution in [1.29, 1.82) is 0 Å². The van der Waals surface area contributed by atoms with Gasteiger partial charge in [-0.15, -0.1) is 0 Å². The van der Waals surface area contributed by atoms with Crippen LogP contribution in [0, 0.1) is 0 Å². The average Bonchev–Trinajstić information content (AvgIpc) is 2.28. The molecule has 0 aromatic heterocycles. The molecule has 1 heterocycles. The van der Waals surface area contributed by atoms with Gasteiger partial charge >= 0.3 is 0 Å². The highest BCUT2D eigenvalue weighted by Gasteiger charge is 2.18. The fourth-order valence-corrected chi connectivity index (χ4v) is 2.84. The van der Waals surface area contributed by atoms with E-state index in [1.165, 1.54) is 0 Å². The van der Waals surface area contributed by atoms with Crippen molar-refractivity contribution < 1.29 is 8.42 Å². The van der Waals surface area contributed by atoms with Crippen molar-refractivity contribution in [2.24, 2.45) is 5.73 Å². The van der Waals surface area contributed by atoms with E-state index in [0.717, 1.165) is 25.1 Å². The van der Waals surface area contributed by atoms with E-state index in [4.69, 9.17) is 5.73 Å². The van der Waals surface area contributed by atoms with E-state index in [1.54, 1.807) is 0 Å². The molecule has 1 aliphatic rings. The third kappa shape index (κ3) is 3.77. The zero-order valence-electron chi connectivity index (χ0n) is 8.41. The Balaban J connectivity index is 2.46. The Labute approximate surface area is 85.7 Å². The van der Waals surface area contributed by atoms with Gasteiger partial charge in [0.25, 0.3) is 0 Å².